The van der Waals surface area contributed by atoms with Crippen LogP contribution in [-0.2, 0) is 0 Å². The maximum atomic E-state index is 13.6. The molecule has 0 aliphatic rings. The highest BCUT2D eigenvalue weighted by Crippen LogP contribution is 2.38. The Hall–Kier alpha value is -1.75. The van der Waals surface area contributed by atoms with Crippen molar-refractivity contribution in [3.63, 3.8) is 0 Å². The number of para-hydroxylation sites is 1. The molecule has 0 fully saturated rings. The first-order valence-electron chi connectivity index (χ1n) is 6.15. The Balaban J connectivity index is 2.29. The fraction of sp³-hybridized carbons (Fsp3) is 0.200. The van der Waals surface area contributed by atoms with Gasteiger partial charge in [0.15, 0.2) is 0 Å². The topological polar surface area (TPSA) is 35.2 Å². The van der Waals surface area contributed by atoms with E-state index in [2.05, 4.69) is 0 Å². The average molecular weight is 295 g/mol. The van der Waals surface area contributed by atoms with E-state index >= 15 is 0 Å². The summed E-state index contributed by atoms with van der Waals surface area (Å²) in [6.45, 7) is 3.80. The van der Waals surface area contributed by atoms with E-state index in [9.17, 15) is 8.78 Å². The molecule has 0 heterocycles. The Bertz CT molecular complexity index is 617. The monoisotopic (exact) mass is 295 g/mol. The van der Waals surface area contributed by atoms with Crippen molar-refractivity contribution in [2.45, 2.75) is 29.7 Å². The van der Waals surface area contributed by atoms with E-state index in [1.54, 1.807) is 18.2 Å². The van der Waals surface area contributed by atoms with Crippen molar-refractivity contribution in [1.29, 1.82) is 0 Å². The van der Waals surface area contributed by atoms with Crippen LogP contribution in [0.25, 0.3) is 0 Å². The van der Waals surface area contributed by atoms with Crippen LogP contribution in [0.1, 0.15) is 13.8 Å². The summed E-state index contributed by atoms with van der Waals surface area (Å²) in [4.78, 5) is 0.994. The molecule has 0 amide bonds. The van der Waals surface area contributed by atoms with Gasteiger partial charge in [-0.3, -0.25) is 0 Å². The zero-order valence-corrected chi connectivity index (χ0v) is 12.0. The van der Waals surface area contributed by atoms with E-state index in [-0.39, 0.29) is 6.10 Å². The van der Waals surface area contributed by atoms with E-state index < -0.39 is 11.6 Å². The van der Waals surface area contributed by atoms with Gasteiger partial charge in [-0.15, -0.1) is 0 Å². The van der Waals surface area contributed by atoms with Gasteiger partial charge in [0.1, 0.15) is 17.4 Å². The smallest absolute Gasteiger partial charge is 0.143 e. The third kappa shape index (κ3) is 3.42. The van der Waals surface area contributed by atoms with Gasteiger partial charge in [-0.2, -0.15) is 0 Å². The van der Waals surface area contributed by atoms with Crippen molar-refractivity contribution in [2.24, 2.45) is 0 Å². The standard InChI is InChI=1S/C15H15F2NOS/c1-9(2)19-12-4-3-5-14(15(12)18)20-13-7-6-10(16)8-11(13)17/h3-9H,18H2,1-2H3. The number of anilines is 1. The minimum Gasteiger partial charge on any atom is -0.489 e. The van der Waals surface area contributed by atoms with E-state index in [1.165, 1.54) is 12.1 Å². The van der Waals surface area contributed by atoms with Crippen LogP contribution in [0.4, 0.5) is 14.5 Å². The highest BCUT2D eigenvalue weighted by Gasteiger charge is 2.11. The molecule has 106 valence electrons. The summed E-state index contributed by atoms with van der Waals surface area (Å²) in [5.41, 5.74) is 6.47. The van der Waals surface area contributed by atoms with E-state index in [1.807, 2.05) is 13.8 Å². The van der Waals surface area contributed by atoms with Gasteiger partial charge in [0.2, 0.25) is 0 Å². The molecular weight excluding hydrogens is 280 g/mol. The number of nitrogen functional groups attached to an aromatic ring is 1. The second-order valence-corrected chi connectivity index (χ2v) is 5.60. The van der Waals surface area contributed by atoms with E-state index in [0.29, 0.717) is 21.2 Å². The third-order valence-electron chi connectivity index (χ3n) is 2.50. The van der Waals surface area contributed by atoms with Gasteiger partial charge in [-0.1, -0.05) is 17.8 Å². The van der Waals surface area contributed by atoms with Crippen LogP contribution in [0.15, 0.2) is 46.2 Å². The Morgan fingerprint density at radius 3 is 2.50 bits per heavy atom. The number of nitrogens with two attached hydrogens (primary N) is 1. The molecule has 0 bridgehead atoms. The molecule has 0 unspecified atom stereocenters. The summed E-state index contributed by atoms with van der Waals surface area (Å²) in [5, 5.41) is 0. The normalized spacial score (nSPS) is 10.8. The molecule has 2 aromatic carbocycles. The Morgan fingerprint density at radius 2 is 1.85 bits per heavy atom. The highest BCUT2D eigenvalue weighted by atomic mass is 32.2. The molecule has 0 atom stereocenters. The number of benzene rings is 2. The van der Waals surface area contributed by atoms with Crippen molar-refractivity contribution in [1.82, 2.24) is 0 Å². The van der Waals surface area contributed by atoms with Crippen molar-refractivity contribution in [3.05, 3.63) is 48.0 Å². The summed E-state index contributed by atoms with van der Waals surface area (Å²) in [6.07, 6.45) is 0.0000993. The van der Waals surface area contributed by atoms with Crippen LogP contribution in [0.5, 0.6) is 5.75 Å². The summed E-state index contributed by atoms with van der Waals surface area (Å²) >= 11 is 1.14. The van der Waals surface area contributed by atoms with Crippen molar-refractivity contribution in [3.8, 4) is 5.75 Å². The lowest BCUT2D eigenvalue weighted by atomic mass is 10.3. The Kier molecular flexibility index (Phi) is 4.49. The summed E-state index contributed by atoms with van der Waals surface area (Å²) in [6, 6.07) is 8.79. The summed E-state index contributed by atoms with van der Waals surface area (Å²) in [7, 11) is 0. The van der Waals surface area contributed by atoms with Crippen molar-refractivity contribution >= 4 is 17.4 Å². The molecule has 0 aliphatic heterocycles. The van der Waals surface area contributed by atoms with Crippen LogP contribution in [0.2, 0.25) is 0 Å². The lowest BCUT2D eigenvalue weighted by Gasteiger charge is -2.14. The maximum absolute atomic E-state index is 13.6. The lowest BCUT2D eigenvalue weighted by molar-refractivity contribution is 0.243. The van der Waals surface area contributed by atoms with Gasteiger partial charge in [0, 0.05) is 15.9 Å². The molecular formula is C15H15F2NOS. The molecule has 2 N–H and O–H groups in total. The molecule has 0 saturated carbocycles. The molecule has 2 rings (SSSR count). The zero-order chi connectivity index (χ0) is 14.7. The predicted octanol–water partition coefficient (Wildman–Crippen LogP) is 4.49. The second-order valence-electron chi connectivity index (χ2n) is 4.51. The van der Waals surface area contributed by atoms with Crippen LogP contribution < -0.4 is 10.5 Å². The fourth-order valence-corrected chi connectivity index (χ4v) is 2.53. The molecule has 2 aromatic rings. The first-order valence-corrected chi connectivity index (χ1v) is 6.97. The van der Waals surface area contributed by atoms with Crippen LogP contribution in [-0.4, -0.2) is 6.10 Å². The molecule has 0 aliphatic carbocycles. The first-order chi connectivity index (χ1) is 9.47. The SMILES string of the molecule is CC(C)Oc1cccc(Sc2ccc(F)cc2F)c1N. The van der Waals surface area contributed by atoms with Gasteiger partial charge in [-0.05, 0) is 38.1 Å². The van der Waals surface area contributed by atoms with Crippen LogP contribution in [0.3, 0.4) is 0 Å². The molecule has 5 heteroatoms. The van der Waals surface area contributed by atoms with Gasteiger partial charge in [0.25, 0.3) is 0 Å². The average Bonchev–Trinajstić information content (AvgIpc) is 2.36. The molecule has 20 heavy (non-hydrogen) atoms. The van der Waals surface area contributed by atoms with Crippen LogP contribution in [0, 0.1) is 11.6 Å². The number of hydrogen-bond acceptors (Lipinski definition) is 3. The highest BCUT2D eigenvalue weighted by molar-refractivity contribution is 7.99. The van der Waals surface area contributed by atoms with Crippen LogP contribution >= 0.6 is 11.8 Å². The van der Waals surface area contributed by atoms with E-state index in [0.717, 1.165) is 17.8 Å². The number of hydrogen-bond donors (Lipinski definition) is 1. The minimum atomic E-state index is -0.607. The third-order valence-corrected chi connectivity index (χ3v) is 3.63. The second kappa shape index (κ2) is 6.13. The largest absolute Gasteiger partial charge is 0.489 e. The maximum Gasteiger partial charge on any atom is 0.143 e. The number of halogens is 2. The van der Waals surface area contributed by atoms with Gasteiger partial charge in [-0.25, -0.2) is 8.78 Å². The Labute approximate surface area is 120 Å². The van der Waals surface area contributed by atoms with Crippen molar-refractivity contribution < 1.29 is 13.5 Å². The molecule has 0 saturated heterocycles. The minimum absolute atomic E-state index is 0.0000993. The summed E-state index contributed by atoms with van der Waals surface area (Å²) in [5.74, 6) is -0.645. The summed E-state index contributed by atoms with van der Waals surface area (Å²) < 4.78 is 32.1. The molecule has 0 radical (unpaired) electrons. The Morgan fingerprint density at radius 1 is 1.10 bits per heavy atom. The predicted molar refractivity (Wildman–Crippen MR) is 77.1 cm³/mol. The van der Waals surface area contributed by atoms with Gasteiger partial charge < -0.3 is 10.5 Å². The van der Waals surface area contributed by atoms with Gasteiger partial charge >= 0.3 is 0 Å². The molecule has 0 spiro atoms. The van der Waals surface area contributed by atoms with Gasteiger partial charge in [0.05, 0.1) is 11.8 Å². The fourth-order valence-electron chi connectivity index (χ4n) is 1.65. The lowest BCUT2D eigenvalue weighted by Crippen LogP contribution is -2.07. The molecule has 0 aromatic heterocycles. The number of ether oxygens (including phenoxy) is 1. The quantitative estimate of drug-likeness (QED) is 0.844. The first kappa shape index (κ1) is 14.7. The number of rotatable bonds is 4. The van der Waals surface area contributed by atoms with E-state index in [4.69, 9.17) is 10.5 Å². The molecule has 2 nitrogen and oxygen atoms in total. The zero-order valence-electron chi connectivity index (χ0n) is 11.2. The van der Waals surface area contributed by atoms with Crippen molar-refractivity contribution in [2.75, 3.05) is 5.73 Å².